The second-order valence-electron chi connectivity index (χ2n) is 3.43. The second-order valence-corrected chi connectivity index (χ2v) is 4.19. The third-order valence-electron chi connectivity index (χ3n) is 2.09. The van der Waals surface area contributed by atoms with Gasteiger partial charge in [0.15, 0.2) is 0 Å². The number of carbonyl (C=O) groups excluding carboxylic acids is 1. The molecule has 0 amide bonds. The second kappa shape index (κ2) is 3.77. The minimum atomic E-state index is -0.231. The molecule has 1 aliphatic rings. The van der Waals surface area contributed by atoms with Crippen LogP contribution in [0, 0.1) is 5.92 Å². The van der Waals surface area contributed by atoms with Gasteiger partial charge in [-0.3, -0.25) is 4.79 Å². The van der Waals surface area contributed by atoms with E-state index in [1.54, 1.807) is 6.08 Å². The summed E-state index contributed by atoms with van der Waals surface area (Å²) in [6.45, 7) is 5.61. The maximum absolute atomic E-state index is 11.3. The molecule has 0 aromatic heterocycles. The maximum Gasteiger partial charge on any atom is 0.309 e. The van der Waals surface area contributed by atoms with Crippen molar-refractivity contribution in [1.29, 1.82) is 0 Å². The van der Waals surface area contributed by atoms with E-state index in [9.17, 15) is 4.79 Å². The van der Waals surface area contributed by atoms with Gasteiger partial charge in [-0.25, -0.2) is 0 Å². The molecule has 3 heteroatoms. The third-order valence-corrected chi connectivity index (χ3v) is 3.71. The molecule has 1 rings (SSSR count). The summed E-state index contributed by atoms with van der Waals surface area (Å²) in [5.41, 5.74) is -0.231. The zero-order chi connectivity index (χ0) is 9.19. The van der Waals surface area contributed by atoms with Gasteiger partial charge < -0.3 is 4.74 Å². The number of ether oxygens (including phenoxy) is 1. The monoisotopic (exact) mass is 280 g/mol. The van der Waals surface area contributed by atoms with Gasteiger partial charge in [-0.15, -0.1) is 6.58 Å². The highest BCUT2D eigenvalue weighted by Crippen LogP contribution is 2.34. The number of allylic oxidation sites excluding steroid dienone is 1. The fourth-order valence-corrected chi connectivity index (χ4v) is 1.90. The van der Waals surface area contributed by atoms with Crippen LogP contribution in [-0.2, 0) is 9.53 Å². The van der Waals surface area contributed by atoms with Gasteiger partial charge in [0.25, 0.3) is 0 Å². The zero-order valence-corrected chi connectivity index (χ0v) is 9.34. The van der Waals surface area contributed by atoms with E-state index in [1.807, 2.05) is 6.92 Å². The minimum Gasteiger partial charge on any atom is -0.458 e. The summed E-state index contributed by atoms with van der Waals surface area (Å²) in [4.78, 5) is 11.3. The molecule has 68 valence electrons. The highest BCUT2D eigenvalue weighted by atomic mass is 127. The topological polar surface area (TPSA) is 26.3 Å². The molecule has 0 spiro atoms. The molecule has 0 N–H and O–H groups in total. The third kappa shape index (κ3) is 2.00. The van der Waals surface area contributed by atoms with Crippen molar-refractivity contribution in [2.45, 2.75) is 25.4 Å². The van der Waals surface area contributed by atoms with Crippen molar-refractivity contribution in [2.75, 3.05) is 4.43 Å². The van der Waals surface area contributed by atoms with Crippen molar-refractivity contribution in [2.24, 2.45) is 5.92 Å². The molecule has 0 saturated carbocycles. The van der Waals surface area contributed by atoms with E-state index < -0.39 is 0 Å². The predicted octanol–water partition coefficient (Wildman–Crippen LogP) is 2.32. The van der Waals surface area contributed by atoms with Crippen molar-refractivity contribution in [3.8, 4) is 0 Å². The lowest BCUT2D eigenvalue weighted by Crippen LogP contribution is -2.25. The summed E-state index contributed by atoms with van der Waals surface area (Å²) < 4.78 is 6.13. The van der Waals surface area contributed by atoms with E-state index in [0.29, 0.717) is 0 Å². The van der Waals surface area contributed by atoms with Crippen LogP contribution in [-0.4, -0.2) is 16.0 Å². The van der Waals surface area contributed by atoms with Crippen LogP contribution in [0.5, 0.6) is 0 Å². The molecule has 0 aliphatic carbocycles. The molecule has 0 radical (unpaired) electrons. The summed E-state index contributed by atoms with van der Waals surface area (Å²) in [5.74, 6) is -0.0173. The number of hydrogen-bond acceptors (Lipinski definition) is 2. The fourth-order valence-electron chi connectivity index (χ4n) is 1.43. The largest absolute Gasteiger partial charge is 0.458 e. The summed E-state index contributed by atoms with van der Waals surface area (Å²) in [6, 6.07) is 0. The lowest BCUT2D eigenvalue weighted by molar-refractivity contribution is -0.147. The molecule has 0 aromatic rings. The smallest absolute Gasteiger partial charge is 0.309 e. The molecule has 0 unspecified atom stereocenters. The van der Waals surface area contributed by atoms with Crippen molar-refractivity contribution in [3.63, 3.8) is 0 Å². The molecule has 1 saturated heterocycles. The number of carbonyl (C=O) groups is 1. The van der Waals surface area contributed by atoms with Crippen LogP contribution < -0.4 is 0 Å². The van der Waals surface area contributed by atoms with Gasteiger partial charge in [-0.05, 0) is 13.3 Å². The number of alkyl halides is 1. The first-order chi connectivity index (χ1) is 5.61. The normalized spacial score (nSPS) is 34.8. The number of esters is 1. The Morgan fingerprint density at radius 3 is 3.00 bits per heavy atom. The minimum absolute atomic E-state index is 0.0438. The number of halogens is 1. The Kier molecular flexibility index (Phi) is 3.15. The van der Waals surface area contributed by atoms with Crippen LogP contribution in [0.2, 0.25) is 0 Å². The fraction of sp³-hybridized carbons (Fsp3) is 0.667. The van der Waals surface area contributed by atoms with Gasteiger partial charge in [-0.2, -0.15) is 0 Å². The van der Waals surface area contributed by atoms with E-state index in [0.717, 1.165) is 17.3 Å². The Morgan fingerprint density at radius 2 is 2.58 bits per heavy atom. The number of cyclic esters (lactones) is 1. The predicted molar refractivity (Wildman–Crippen MR) is 56.3 cm³/mol. The Hall–Kier alpha value is -0.0600. The molecule has 1 fully saturated rings. The van der Waals surface area contributed by atoms with Gasteiger partial charge in [0.1, 0.15) is 5.60 Å². The Labute approximate surface area is 86.5 Å². The standard InChI is InChI=1S/C9H13IO2/c1-3-4-7-5-9(2,6-10)12-8(7)11/h3,7H,1,4-6H2,2H3/t7-,9+/m0/s1. The molecular weight excluding hydrogens is 267 g/mol. The molecule has 2 atom stereocenters. The molecular formula is C9H13IO2. The van der Waals surface area contributed by atoms with E-state index in [4.69, 9.17) is 4.74 Å². The molecule has 0 bridgehead atoms. The summed E-state index contributed by atoms with van der Waals surface area (Å²) >= 11 is 2.25. The summed E-state index contributed by atoms with van der Waals surface area (Å²) in [6.07, 6.45) is 3.36. The first-order valence-electron chi connectivity index (χ1n) is 4.01. The first-order valence-corrected chi connectivity index (χ1v) is 5.53. The van der Waals surface area contributed by atoms with Gasteiger partial charge in [0.05, 0.1) is 5.92 Å². The van der Waals surface area contributed by atoms with Crippen LogP contribution in [0.25, 0.3) is 0 Å². The van der Waals surface area contributed by atoms with Crippen molar-refractivity contribution in [1.82, 2.24) is 0 Å². The van der Waals surface area contributed by atoms with E-state index in [-0.39, 0.29) is 17.5 Å². The lowest BCUT2D eigenvalue weighted by Gasteiger charge is -2.18. The summed E-state index contributed by atoms with van der Waals surface area (Å²) in [7, 11) is 0. The van der Waals surface area contributed by atoms with E-state index >= 15 is 0 Å². The first kappa shape index (κ1) is 10.0. The number of hydrogen-bond donors (Lipinski definition) is 0. The molecule has 12 heavy (non-hydrogen) atoms. The van der Waals surface area contributed by atoms with Crippen LogP contribution in [0.15, 0.2) is 12.7 Å². The Bertz CT molecular complexity index is 203. The van der Waals surface area contributed by atoms with Crippen molar-refractivity contribution >= 4 is 28.6 Å². The van der Waals surface area contributed by atoms with Gasteiger partial charge in [-0.1, -0.05) is 28.7 Å². The quantitative estimate of drug-likeness (QED) is 0.343. The van der Waals surface area contributed by atoms with Crippen LogP contribution in [0.1, 0.15) is 19.8 Å². The van der Waals surface area contributed by atoms with E-state index in [2.05, 4.69) is 29.2 Å². The van der Waals surface area contributed by atoms with Gasteiger partial charge in [0.2, 0.25) is 0 Å². The molecule has 2 nitrogen and oxygen atoms in total. The Balaban J connectivity index is 2.61. The van der Waals surface area contributed by atoms with Crippen LogP contribution >= 0.6 is 22.6 Å². The Morgan fingerprint density at radius 1 is 1.92 bits per heavy atom. The maximum atomic E-state index is 11.3. The average molecular weight is 280 g/mol. The lowest BCUT2D eigenvalue weighted by atomic mass is 9.95. The zero-order valence-electron chi connectivity index (χ0n) is 7.18. The van der Waals surface area contributed by atoms with Crippen LogP contribution in [0.4, 0.5) is 0 Å². The molecule has 1 aliphatic heterocycles. The number of rotatable bonds is 3. The highest BCUT2D eigenvalue weighted by molar-refractivity contribution is 14.1. The molecule has 1 heterocycles. The highest BCUT2D eigenvalue weighted by Gasteiger charge is 2.41. The average Bonchev–Trinajstić information content (AvgIpc) is 2.30. The van der Waals surface area contributed by atoms with Crippen molar-refractivity contribution in [3.05, 3.63) is 12.7 Å². The van der Waals surface area contributed by atoms with Gasteiger partial charge >= 0.3 is 5.97 Å². The van der Waals surface area contributed by atoms with Gasteiger partial charge in [0, 0.05) is 10.8 Å². The van der Waals surface area contributed by atoms with E-state index in [1.165, 1.54) is 0 Å². The van der Waals surface area contributed by atoms with Crippen molar-refractivity contribution < 1.29 is 9.53 Å². The molecule has 0 aromatic carbocycles. The summed E-state index contributed by atoms with van der Waals surface area (Å²) in [5, 5.41) is 0. The van der Waals surface area contributed by atoms with Crippen LogP contribution in [0.3, 0.4) is 0 Å². The SMILES string of the molecule is C=CC[C@H]1C[C@](C)(CI)OC1=O.